The van der Waals surface area contributed by atoms with E-state index in [1.807, 2.05) is 0 Å². The number of aromatic nitrogens is 2. The van der Waals surface area contributed by atoms with E-state index >= 15 is 0 Å². The maximum Gasteiger partial charge on any atom is 0.387 e. The van der Waals surface area contributed by atoms with Gasteiger partial charge in [0, 0.05) is 18.8 Å². The molecule has 1 aromatic heterocycles. The molecule has 0 unspecified atom stereocenters. The summed E-state index contributed by atoms with van der Waals surface area (Å²) in [5.74, 6) is -0.0581. The van der Waals surface area contributed by atoms with E-state index in [1.165, 1.54) is 18.5 Å². The molecule has 0 amide bonds. The van der Waals surface area contributed by atoms with Crippen LogP contribution >= 0.6 is 11.6 Å². The zero-order valence-corrected chi connectivity index (χ0v) is 9.81. The van der Waals surface area contributed by atoms with Crippen LogP contribution in [0.25, 0.3) is 0 Å². The van der Waals surface area contributed by atoms with Crippen LogP contribution in [-0.2, 0) is 0 Å². The van der Waals surface area contributed by atoms with Gasteiger partial charge in [-0.2, -0.15) is 8.78 Å². The van der Waals surface area contributed by atoms with Crippen molar-refractivity contribution in [2.45, 2.75) is 6.61 Å². The van der Waals surface area contributed by atoms with Crippen LogP contribution in [-0.4, -0.2) is 16.6 Å². The summed E-state index contributed by atoms with van der Waals surface area (Å²) in [6, 6.07) is 4.62. The molecule has 2 rings (SSSR count). The van der Waals surface area contributed by atoms with Crippen molar-refractivity contribution in [1.29, 1.82) is 0 Å². The Morgan fingerprint density at radius 3 is 2.56 bits per heavy atom. The van der Waals surface area contributed by atoms with E-state index in [0.29, 0.717) is 5.56 Å². The number of ether oxygens (including phenoxy) is 1. The molecule has 6 heteroatoms. The van der Waals surface area contributed by atoms with Crippen LogP contribution in [0.1, 0.15) is 11.1 Å². The highest BCUT2D eigenvalue weighted by Gasteiger charge is 2.09. The minimum atomic E-state index is -2.90. The molecule has 0 spiro atoms. The Balaban J connectivity index is 2.19. The van der Waals surface area contributed by atoms with Crippen LogP contribution in [0, 0.1) is 6.42 Å². The lowest BCUT2D eigenvalue weighted by atomic mass is 10.1. The first kappa shape index (κ1) is 12.7. The van der Waals surface area contributed by atoms with E-state index in [4.69, 9.17) is 11.6 Å². The molecule has 1 radical (unpaired) electrons. The van der Waals surface area contributed by atoms with Crippen LogP contribution in [0.15, 0.2) is 36.9 Å². The number of hydrogen-bond acceptors (Lipinski definition) is 3. The Morgan fingerprint density at radius 2 is 1.89 bits per heavy atom. The summed E-state index contributed by atoms with van der Waals surface area (Å²) in [7, 11) is 0. The molecule has 0 atom stereocenters. The summed E-state index contributed by atoms with van der Waals surface area (Å²) in [5, 5.41) is 0.136. The summed E-state index contributed by atoms with van der Waals surface area (Å²) in [4.78, 5) is 7.70. The third kappa shape index (κ3) is 3.37. The van der Waals surface area contributed by atoms with Gasteiger partial charge in [0.2, 0.25) is 0 Å². The molecule has 1 heterocycles. The zero-order valence-electron chi connectivity index (χ0n) is 9.06. The predicted molar refractivity (Wildman–Crippen MR) is 62.6 cm³/mol. The van der Waals surface area contributed by atoms with Crippen molar-refractivity contribution in [3.63, 3.8) is 0 Å². The quantitative estimate of drug-likeness (QED) is 0.854. The van der Waals surface area contributed by atoms with Gasteiger partial charge in [-0.1, -0.05) is 17.7 Å². The van der Waals surface area contributed by atoms with Crippen LogP contribution < -0.4 is 4.74 Å². The molecule has 1 aromatic carbocycles. The smallest absolute Gasteiger partial charge is 0.387 e. The molecule has 3 nitrogen and oxygen atoms in total. The minimum absolute atomic E-state index is 0.0581. The first-order valence-electron chi connectivity index (χ1n) is 4.99. The third-order valence-electron chi connectivity index (χ3n) is 2.09. The van der Waals surface area contributed by atoms with Crippen molar-refractivity contribution < 1.29 is 13.5 Å². The molecule has 0 aliphatic carbocycles. The standard InChI is InChI=1S/C12H8ClF2N2O/c13-10-2-1-8(4-11(10)18-12(14)15)3-9-5-16-7-17-6-9/h1-7,12H. The summed E-state index contributed by atoms with van der Waals surface area (Å²) in [5.41, 5.74) is 1.42. The van der Waals surface area contributed by atoms with Gasteiger partial charge in [-0.3, -0.25) is 0 Å². The van der Waals surface area contributed by atoms with Gasteiger partial charge >= 0.3 is 6.61 Å². The predicted octanol–water partition coefficient (Wildman–Crippen LogP) is 3.33. The lowest BCUT2D eigenvalue weighted by Crippen LogP contribution is -2.02. The van der Waals surface area contributed by atoms with Crippen molar-refractivity contribution in [2.75, 3.05) is 0 Å². The fraction of sp³-hybridized carbons (Fsp3) is 0.0833. The Bertz CT molecular complexity index is 523. The van der Waals surface area contributed by atoms with Gasteiger partial charge < -0.3 is 4.74 Å². The maximum atomic E-state index is 12.1. The van der Waals surface area contributed by atoms with E-state index in [2.05, 4.69) is 14.7 Å². The number of hydrogen-bond donors (Lipinski definition) is 0. The van der Waals surface area contributed by atoms with Gasteiger partial charge in [0.15, 0.2) is 0 Å². The Hall–Kier alpha value is -1.75. The maximum absolute atomic E-state index is 12.1. The number of halogens is 3. The molecule has 0 saturated carbocycles. The van der Waals surface area contributed by atoms with Crippen molar-refractivity contribution in [2.24, 2.45) is 0 Å². The van der Waals surface area contributed by atoms with E-state index in [0.717, 1.165) is 5.56 Å². The topological polar surface area (TPSA) is 35.0 Å². The molecule has 0 N–H and O–H groups in total. The molecule has 0 bridgehead atoms. The van der Waals surface area contributed by atoms with E-state index < -0.39 is 6.61 Å². The van der Waals surface area contributed by atoms with Crippen LogP contribution in [0.5, 0.6) is 5.75 Å². The van der Waals surface area contributed by atoms with E-state index in [-0.39, 0.29) is 10.8 Å². The highest BCUT2D eigenvalue weighted by molar-refractivity contribution is 6.32. The lowest BCUT2D eigenvalue weighted by Gasteiger charge is -2.08. The van der Waals surface area contributed by atoms with Gasteiger partial charge in [0.1, 0.15) is 12.1 Å². The van der Waals surface area contributed by atoms with Gasteiger partial charge in [-0.05, 0) is 23.3 Å². The SMILES string of the molecule is FC(F)Oc1cc([CH]c2cncnc2)ccc1Cl. The van der Waals surface area contributed by atoms with Crippen molar-refractivity contribution in [3.8, 4) is 5.75 Å². The number of rotatable bonds is 4. The minimum Gasteiger partial charge on any atom is -0.433 e. The van der Waals surface area contributed by atoms with Crippen LogP contribution in [0.4, 0.5) is 8.78 Å². The molecule has 0 saturated heterocycles. The van der Waals surface area contributed by atoms with Crippen LogP contribution in [0.2, 0.25) is 5.02 Å². The third-order valence-corrected chi connectivity index (χ3v) is 2.40. The average Bonchev–Trinajstić information content (AvgIpc) is 2.34. The van der Waals surface area contributed by atoms with E-state index in [1.54, 1.807) is 24.9 Å². The number of benzene rings is 1. The monoisotopic (exact) mass is 269 g/mol. The molecule has 0 aliphatic rings. The Kier molecular flexibility index (Phi) is 4.04. The summed E-state index contributed by atoms with van der Waals surface area (Å²) < 4.78 is 28.6. The number of alkyl halides is 2. The molecule has 18 heavy (non-hydrogen) atoms. The Labute approximate surface area is 107 Å². The van der Waals surface area contributed by atoms with Crippen molar-refractivity contribution in [1.82, 2.24) is 9.97 Å². The fourth-order valence-corrected chi connectivity index (χ4v) is 1.54. The first-order valence-corrected chi connectivity index (χ1v) is 5.37. The second kappa shape index (κ2) is 5.73. The van der Waals surface area contributed by atoms with Crippen LogP contribution in [0.3, 0.4) is 0 Å². The van der Waals surface area contributed by atoms with Crippen molar-refractivity contribution >= 4 is 11.6 Å². The summed E-state index contributed by atoms with van der Waals surface area (Å²) in [6.45, 7) is -2.90. The second-order valence-electron chi connectivity index (χ2n) is 3.38. The van der Waals surface area contributed by atoms with E-state index in [9.17, 15) is 8.78 Å². The van der Waals surface area contributed by atoms with Gasteiger partial charge in [0.25, 0.3) is 0 Å². The molecule has 0 aliphatic heterocycles. The molecule has 0 fully saturated rings. The highest BCUT2D eigenvalue weighted by Crippen LogP contribution is 2.28. The van der Waals surface area contributed by atoms with Crippen molar-refractivity contribution in [3.05, 3.63) is 59.5 Å². The number of nitrogens with zero attached hydrogens (tertiary/aromatic N) is 2. The van der Waals surface area contributed by atoms with Gasteiger partial charge in [-0.15, -0.1) is 0 Å². The summed E-state index contributed by atoms with van der Waals surface area (Å²) in [6.07, 6.45) is 6.35. The lowest BCUT2D eigenvalue weighted by molar-refractivity contribution is -0.0498. The molecular formula is C12H8ClF2N2O. The Morgan fingerprint density at radius 1 is 1.17 bits per heavy atom. The largest absolute Gasteiger partial charge is 0.433 e. The second-order valence-corrected chi connectivity index (χ2v) is 3.79. The van der Waals surface area contributed by atoms with Gasteiger partial charge in [0.05, 0.1) is 5.02 Å². The molecule has 2 aromatic rings. The van der Waals surface area contributed by atoms with Gasteiger partial charge in [-0.25, -0.2) is 9.97 Å². The molecular weight excluding hydrogens is 262 g/mol. The first-order chi connectivity index (χ1) is 8.65. The average molecular weight is 270 g/mol. The highest BCUT2D eigenvalue weighted by atomic mass is 35.5. The summed E-state index contributed by atoms with van der Waals surface area (Å²) >= 11 is 5.75. The molecule has 93 valence electrons. The zero-order chi connectivity index (χ0) is 13.0. The fourth-order valence-electron chi connectivity index (χ4n) is 1.37. The normalized spacial score (nSPS) is 10.7.